The van der Waals surface area contributed by atoms with E-state index in [1.165, 1.54) is 24.6 Å². The standard InChI is InChI=1S/2C12H10N2O.Mn.2H2O/c2*15-11-6-2-1-5-10(11)9-14-12-7-3-4-8-13-12;;;/h2*1-9,15H;;2*1H2/q;;+2;;/b2*14-9+;;;. The van der Waals surface area contributed by atoms with Crippen LogP contribution in [0, 0.1) is 0 Å². The summed E-state index contributed by atoms with van der Waals surface area (Å²) in [5, 5.41) is 22.7. The van der Waals surface area contributed by atoms with Gasteiger partial charge in [0, 0.05) is 24.8 Å². The van der Waals surface area contributed by atoms with Crippen molar-refractivity contribution in [1.82, 2.24) is 9.97 Å². The molecule has 0 saturated carbocycles. The Bertz CT molecular complexity index is 1040. The molecule has 169 valence electrons. The second kappa shape index (κ2) is 15.9. The Morgan fingerprint density at radius 1 is 0.545 bits per heavy atom. The maximum absolute atomic E-state index is 11.3. The van der Waals surface area contributed by atoms with Gasteiger partial charge in [-0.25, -0.2) is 20.0 Å². The minimum Gasteiger partial charge on any atom is -0.872 e. The van der Waals surface area contributed by atoms with Crippen LogP contribution in [-0.4, -0.2) is 22.4 Å². The van der Waals surface area contributed by atoms with E-state index in [1.807, 2.05) is 24.3 Å². The predicted octanol–water partition coefficient (Wildman–Crippen LogP) is 1.97. The summed E-state index contributed by atoms with van der Waals surface area (Å²) < 4.78 is 0. The Kier molecular flexibility index (Phi) is 14.0. The van der Waals surface area contributed by atoms with Crippen molar-refractivity contribution in [3.63, 3.8) is 0 Å². The Hall–Kier alpha value is -3.88. The van der Waals surface area contributed by atoms with Gasteiger partial charge in [-0.3, -0.25) is 0 Å². The number of hydrogen-bond donors (Lipinski definition) is 0. The third-order valence-corrected chi connectivity index (χ3v) is 3.81. The Labute approximate surface area is 202 Å². The fraction of sp³-hybridized carbons (Fsp3) is 0. The number of rotatable bonds is 4. The summed E-state index contributed by atoms with van der Waals surface area (Å²) in [7, 11) is 0. The van der Waals surface area contributed by atoms with Gasteiger partial charge in [0.25, 0.3) is 0 Å². The van der Waals surface area contributed by atoms with E-state index in [0.717, 1.165) is 0 Å². The van der Waals surface area contributed by atoms with E-state index in [0.29, 0.717) is 22.8 Å². The van der Waals surface area contributed by atoms with Crippen molar-refractivity contribution in [1.29, 1.82) is 0 Å². The number of hydrogen-bond acceptors (Lipinski definition) is 6. The molecule has 2 aromatic carbocycles. The number of benzene rings is 2. The second-order valence-electron chi connectivity index (χ2n) is 5.97. The summed E-state index contributed by atoms with van der Waals surface area (Å²) in [6.07, 6.45) is 6.39. The molecular formula is C24H24MnN4O4+2. The summed E-state index contributed by atoms with van der Waals surface area (Å²) in [4.78, 5) is 16.2. The van der Waals surface area contributed by atoms with E-state index < -0.39 is 0 Å². The van der Waals surface area contributed by atoms with E-state index in [2.05, 4.69) is 20.0 Å². The summed E-state index contributed by atoms with van der Waals surface area (Å²) in [5.74, 6) is 1.14. The average Bonchev–Trinajstić information content (AvgIpc) is 2.80. The van der Waals surface area contributed by atoms with Gasteiger partial charge >= 0.3 is 17.1 Å². The molecule has 0 unspecified atom stereocenters. The Balaban J connectivity index is 0.000000569. The largest absolute Gasteiger partial charge is 2.00 e. The van der Waals surface area contributed by atoms with Gasteiger partial charge in [-0.05, 0) is 35.4 Å². The molecule has 1 radical (unpaired) electrons. The SMILES string of the molecule is [Mn+2].[O-]c1ccccc1/C=N/c1ccccn1.[O-]c1ccccc1/C=N/c1ccccn1.[OH3+].[OH3+]. The zero-order valence-corrected chi connectivity index (χ0v) is 18.7. The van der Waals surface area contributed by atoms with Crippen LogP contribution in [0.4, 0.5) is 11.6 Å². The Morgan fingerprint density at radius 2 is 0.909 bits per heavy atom. The topological polar surface area (TPSA) is 163 Å². The van der Waals surface area contributed by atoms with Crippen molar-refractivity contribution in [2.45, 2.75) is 0 Å². The third-order valence-electron chi connectivity index (χ3n) is 3.81. The van der Waals surface area contributed by atoms with E-state index in [1.54, 1.807) is 60.9 Å². The van der Waals surface area contributed by atoms with E-state index in [4.69, 9.17) is 0 Å². The van der Waals surface area contributed by atoms with Crippen LogP contribution in [0.3, 0.4) is 0 Å². The summed E-state index contributed by atoms with van der Waals surface area (Å²) in [6.45, 7) is 0. The quantitative estimate of drug-likeness (QED) is 0.244. The monoisotopic (exact) mass is 487 g/mol. The normalized spacial score (nSPS) is 9.70. The molecule has 0 amide bonds. The first-order valence-corrected chi connectivity index (χ1v) is 9.14. The molecule has 0 aliphatic carbocycles. The van der Waals surface area contributed by atoms with Gasteiger partial charge in [0.15, 0.2) is 11.6 Å². The van der Waals surface area contributed by atoms with Gasteiger partial charge in [-0.1, -0.05) is 60.7 Å². The molecule has 4 aromatic rings. The molecule has 0 aliphatic heterocycles. The maximum atomic E-state index is 11.3. The minimum atomic E-state index is -0.0304. The van der Waals surface area contributed by atoms with Crippen LogP contribution in [-0.2, 0) is 28.0 Å². The van der Waals surface area contributed by atoms with Gasteiger partial charge in [0.2, 0.25) is 0 Å². The van der Waals surface area contributed by atoms with Gasteiger partial charge in [0.1, 0.15) is 0 Å². The zero-order chi connectivity index (χ0) is 21.0. The molecular weight excluding hydrogens is 463 g/mol. The fourth-order valence-corrected chi connectivity index (χ4v) is 2.31. The van der Waals surface area contributed by atoms with E-state index >= 15 is 0 Å². The molecule has 2 heterocycles. The van der Waals surface area contributed by atoms with Crippen molar-refractivity contribution in [2.75, 3.05) is 0 Å². The summed E-state index contributed by atoms with van der Waals surface area (Å²) in [5.41, 5.74) is 1.14. The van der Waals surface area contributed by atoms with Crippen LogP contribution in [0.25, 0.3) is 0 Å². The fourth-order valence-electron chi connectivity index (χ4n) is 2.31. The molecule has 9 heteroatoms. The molecule has 8 nitrogen and oxygen atoms in total. The molecule has 0 fully saturated rings. The number of pyridine rings is 2. The van der Waals surface area contributed by atoms with Crippen molar-refractivity contribution in [2.24, 2.45) is 9.98 Å². The molecule has 33 heavy (non-hydrogen) atoms. The molecule has 4 rings (SSSR count). The number of aliphatic imine (C=N–C) groups is 2. The predicted molar refractivity (Wildman–Crippen MR) is 125 cm³/mol. The van der Waals surface area contributed by atoms with Crippen molar-refractivity contribution in [3.05, 3.63) is 108 Å². The van der Waals surface area contributed by atoms with Gasteiger partial charge < -0.3 is 21.2 Å². The first kappa shape index (κ1) is 29.1. The van der Waals surface area contributed by atoms with Crippen LogP contribution in [0.1, 0.15) is 11.1 Å². The Morgan fingerprint density at radius 3 is 1.24 bits per heavy atom. The molecule has 0 bridgehead atoms. The first-order valence-electron chi connectivity index (χ1n) is 9.14. The number of aromatic nitrogens is 2. The van der Waals surface area contributed by atoms with E-state index in [-0.39, 0.29) is 39.5 Å². The van der Waals surface area contributed by atoms with Gasteiger partial charge in [-0.15, -0.1) is 11.5 Å². The second-order valence-corrected chi connectivity index (χ2v) is 5.97. The van der Waals surface area contributed by atoms with Crippen LogP contribution in [0.5, 0.6) is 11.5 Å². The van der Waals surface area contributed by atoms with Crippen LogP contribution >= 0.6 is 0 Å². The van der Waals surface area contributed by atoms with Gasteiger partial charge in [0.05, 0.1) is 0 Å². The van der Waals surface area contributed by atoms with Crippen LogP contribution < -0.4 is 10.2 Å². The number of para-hydroxylation sites is 2. The van der Waals surface area contributed by atoms with Gasteiger partial charge in [-0.2, -0.15) is 0 Å². The van der Waals surface area contributed by atoms with Crippen molar-refractivity contribution >= 4 is 24.1 Å². The maximum Gasteiger partial charge on any atom is 2.00 e. The molecule has 0 atom stereocenters. The zero-order valence-electron chi connectivity index (χ0n) is 17.5. The molecule has 2 aromatic heterocycles. The first-order chi connectivity index (χ1) is 14.7. The van der Waals surface area contributed by atoms with Crippen molar-refractivity contribution in [3.8, 4) is 11.5 Å². The summed E-state index contributed by atoms with van der Waals surface area (Å²) in [6, 6.07) is 24.4. The molecule has 0 saturated heterocycles. The third kappa shape index (κ3) is 9.86. The van der Waals surface area contributed by atoms with Crippen LogP contribution in [0.15, 0.2) is 107 Å². The molecule has 0 aliphatic rings. The summed E-state index contributed by atoms with van der Waals surface area (Å²) >= 11 is 0. The molecule has 0 spiro atoms. The molecule has 6 N–H and O–H groups in total. The smallest absolute Gasteiger partial charge is 0.872 e. The van der Waals surface area contributed by atoms with Crippen LogP contribution in [0.2, 0.25) is 0 Å². The minimum absolute atomic E-state index is 0. The van der Waals surface area contributed by atoms with Crippen molar-refractivity contribution < 1.29 is 38.2 Å². The average molecular weight is 487 g/mol. The van der Waals surface area contributed by atoms with E-state index in [9.17, 15) is 10.2 Å². The number of nitrogens with zero attached hydrogens (tertiary/aromatic N) is 4.